The van der Waals surface area contributed by atoms with Gasteiger partial charge in [-0.05, 0) is 19.4 Å². The van der Waals surface area contributed by atoms with Crippen LogP contribution in [-0.2, 0) is 20.8 Å². The number of nitrogens with zero attached hydrogens (tertiary/aromatic N) is 1. The van der Waals surface area contributed by atoms with E-state index in [4.69, 9.17) is 32.5 Å². The first kappa shape index (κ1) is 25.7. The Kier molecular flexibility index (Phi) is 15.8. The lowest BCUT2D eigenvalue weighted by molar-refractivity contribution is -0.139. The molecule has 12 N–H and O–H groups in total. The number of aromatic amines is 1. The smallest absolute Gasteiger partial charge is 0.320 e. The summed E-state index contributed by atoms with van der Waals surface area (Å²) in [6.07, 6.45) is 5.50. The van der Waals surface area contributed by atoms with Gasteiger partial charge in [-0.25, -0.2) is 4.98 Å². The SMILES string of the molecule is NC(Cc1cnc[nH]1)C(=O)O.NCC(=O)O.NCCCCC(N)C(=O)O. The number of imidazole rings is 1. The molecule has 0 spiro atoms. The van der Waals surface area contributed by atoms with Gasteiger partial charge in [0, 0.05) is 18.3 Å². The molecule has 1 heterocycles. The predicted molar refractivity (Wildman–Crippen MR) is 93.1 cm³/mol. The lowest BCUT2D eigenvalue weighted by atomic mass is 10.1. The molecule has 1 aromatic heterocycles. The van der Waals surface area contributed by atoms with E-state index in [-0.39, 0.29) is 13.0 Å². The van der Waals surface area contributed by atoms with Crippen molar-refractivity contribution in [1.82, 2.24) is 9.97 Å². The molecule has 1 aromatic rings. The largest absolute Gasteiger partial charge is 0.480 e. The van der Waals surface area contributed by atoms with Crippen molar-refractivity contribution in [2.24, 2.45) is 22.9 Å². The van der Waals surface area contributed by atoms with Gasteiger partial charge in [0.2, 0.25) is 0 Å². The zero-order chi connectivity index (χ0) is 20.5. The maximum Gasteiger partial charge on any atom is 0.320 e. The molecule has 0 aliphatic heterocycles. The summed E-state index contributed by atoms with van der Waals surface area (Å²) < 4.78 is 0. The van der Waals surface area contributed by atoms with Gasteiger partial charge in [0.05, 0.1) is 12.9 Å². The predicted octanol–water partition coefficient (Wildman–Crippen LogP) is -2.08. The zero-order valence-corrected chi connectivity index (χ0v) is 14.4. The Morgan fingerprint density at radius 3 is 1.92 bits per heavy atom. The van der Waals surface area contributed by atoms with Gasteiger partial charge in [0.25, 0.3) is 0 Å². The lowest BCUT2D eigenvalue weighted by Crippen LogP contribution is -2.32. The van der Waals surface area contributed by atoms with Gasteiger partial charge in [-0.15, -0.1) is 0 Å². The Balaban J connectivity index is 0. The van der Waals surface area contributed by atoms with Crippen LogP contribution in [0.25, 0.3) is 0 Å². The monoisotopic (exact) mass is 376 g/mol. The van der Waals surface area contributed by atoms with Crippen LogP contribution in [-0.4, -0.2) is 68.4 Å². The van der Waals surface area contributed by atoms with E-state index in [0.29, 0.717) is 13.0 Å². The van der Waals surface area contributed by atoms with Crippen LogP contribution in [0.1, 0.15) is 25.0 Å². The van der Waals surface area contributed by atoms with Crippen molar-refractivity contribution in [3.63, 3.8) is 0 Å². The maximum atomic E-state index is 10.3. The minimum Gasteiger partial charge on any atom is -0.480 e. The third kappa shape index (κ3) is 16.3. The van der Waals surface area contributed by atoms with Crippen LogP contribution in [0.4, 0.5) is 0 Å². The molecule has 0 aromatic carbocycles. The maximum absolute atomic E-state index is 10.3. The third-order valence-electron chi connectivity index (χ3n) is 2.77. The van der Waals surface area contributed by atoms with Crippen molar-refractivity contribution in [3.05, 3.63) is 18.2 Å². The highest BCUT2D eigenvalue weighted by atomic mass is 16.4. The molecule has 0 fully saturated rings. The molecule has 0 aliphatic carbocycles. The molecule has 0 amide bonds. The molecule has 0 radical (unpaired) electrons. The fraction of sp³-hybridized carbons (Fsp3) is 0.571. The van der Waals surface area contributed by atoms with Gasteiger partial charge in [-0.2, -0.15) is 0 Å². The summed E-state index contributed by atoms with van der Waals surface area (Å²) >= 11 is 0. The van der Waals surface area contributed by atoms with Crippen LogP contribution in [0.5, 0.6) is 0 Å². The highest BCUT2D eigenvalue weighted by molar-refractivity contribution is 5.73. The Labute approximate surface area is 150 Å². The number of H-pyrrole nitrogens is 1. The van der Waals surface area contributed by atoms with Crippen LogP contribution < -0.4 is 22.9 Å². The summed E-state index contributed by atoms with van der Waals surface area (Å²) in [5.41, 5.74) is 21.0. The van der Waals surface area contributed by atoms with Crippen molar-refractivity contribution in [3.8, 4) is 0 Å². The Bertz CT molecular complexity index is 510. The second-order valence-electron chi connectivity index (χ2n) is 5.05. The Hall–Kier alpha value is -2.54. The van der Waals surface area contributed by atoms with E-state index in [1.807, 2.05) is 0 Å². The highest BCUT2D eigenvalue weighted by Crippen LogP contribution is 1.97. The van der Waals surface area contributed by atoms with E-state index in [2.05, 4.69) is 15.7 Å². The van der Waals surface area contributed by atoms with E-state index < -0.39 is 30.0 Å². The van der Waals surface area contributed by atoms with Crippen LogP contribution in [0.3, 0.4) is 0 Å². The molecule has 12 nitrogen and oxygen atoms in total. The van der Waals surface area contributed by atoms with Crippen molar-refractivity contribution in [1.29, 1.82) is 0 Å². The van der Waals surface area contributed by atoms with Gasteiger partial charge >= 0.3 is 17.9 Å². The average Bonchev–Trinajstić information content (AvgIpc) is 3.08. The standard InChI is InChI=1S/C6H9N3O2.C6H14N2O2.C2H5NO2/c7-5(6(10)11)1-4-2-8-3-9-4;7-4-2-1-3-5(8)6(9)10;3-1-2(4)5/h2-3,5H,1,7H2,(H,8,9)(H,10,11);5H,1-4,7-8H2,(H,9,10);1,3H2,(H,4,5). The fourth-order valence-electron chi connectivity index (χ4n) is 1.35. The lowest BCUT2D eigenvalue weighted by Gasteiger charge is -2.03. The number of aliphatic carboxylic acids is 3. The number of hydrogen-bond donors (Lipinski definition) is 8. The number of unbranched alkanes of at least 4 members (excludes halogenated alkanes) is 1. The Morgan fingerprint density at radius 1 is 1.04 bits per heavy atom. The van der Waals surface area contributed by atoms with Gasteiger partial charge in [-0.3, -0.25) is 14.4 Å². The first-order chi connectivity index (χ1) is 12.1. The van der Waals surface area contributed by atoms with Crippen molar-refractivity contribution in [2.75, 3.05) is 13.1 Å². The quantitative estimate of drug-likeness (QED) is 0.217. The second kappa shape index (κ2) is 16.0. The van der Waals surface area contributed by atoms with Gasteiger partial charge in [0.1, 0.15) is 12.1 Å². The summed E-state index contributed by atoms with van der Waals surface area (Å²) in [6.45, 7) is 0.326. The van der Waals surface area contributed by atoms with Gasteiger partial charge < -0.3 is 43.2 Å². The van der Waals surface area contributed by atoms with Gasteiger partial charge in [-0.1, -0.05) is 6.42 Å². The van der Waals surface area contributed by atoms with E-state index >= 15 is 0 Å². The van der Waals surface area contributed by atoms with Crippen LogP contribution in [0.2, 0.25) is 0 Å². The Morgan fingerprint density at radius 2 is 1.58 bits per heavy atom. The minimum atomic E-state index is -1.00. The normalized spacial score (nSPS) is 11.8. The molecule has 2 atom stereocenters. The van der Waals surface area contributed by atoms with Crippen molar-refractivity contribution >= 4 is 17.9 Å². The molecular formula is C14H28N6O6. The van der Waals surface area contributed by atoms with Crippen LogP contribution >= 0.6 is 0 Å². The van der Waals surface area contributed by atoms with E-state index in [1.54, 1.807) is 6.20 Å². The van der Waals surface area contributed by atoms with Crippen molar-refractivity contribution in [2.45, 2.75) is 37.8 Å². The molecule has 12 heteroatoms. The van der Waals surface area contributed by atoms with E-state index in [0.717, 1.165) is 18.5 Å². The third-order valence-corrected chi connectivity index (χ3v) is 2.77. The number of nitrogens with one attached hydrogen (secondary N) is 1. The number of rotatable bonds is 9. The number of nitrogens with two attached hydrogens (primary N) is 4. The zero-order valence-electron chi connectivity index (χ0n) is 14.4. The molecule has 26 heavy (non-hydrogen) atoms. The number of carboxylic acids is 3. The molecule has 1 rings (SSSR count). The summed E-state index contributed by atoms with van der Waals surface area (Å²) in [4.78, 5) is 36.1. The van der Waals surface area contributed by atoms with Crippen LogP contribution in [0.15, 0.2) is 12.5 Å². The first-order valence-corrected chi connectivity index (χ1v) is 7.71. The molecule has 2 unspecified atom stereocenters. The van der Waals surface area contributed by atoms with Crippen LogP contribution in [0, 0.1) is 0 Å². The molecular weight excluding hydrogens is 348 g/mol. The topological polar surface area (TPSA) is 245 Å². The number of carboxylic acid groups (broad SMARTS) is 3. The molecule has 0 saturated carbocycles. The molecule has 0 saturated heterocycles. The summed E-state index contributed by atoms with van der Waals surface area (Å²) in [5, 5.41) is 24.3. The minimum absolute atomic E-state index is 0.278. The first-order valence-electron chi connectivity index (χ1n) is 7.71. The van der Waals surface area contributed by atoms with Crippen molar-refractivity contribution < 1.29 is 29.7 Å². The van der Waals surface area contributed by atoms with Gasteiger partial charge in [0.15, 0.2) is 0 Å². The summed E-state index contributed by atoms with van der Waals surface area (Å²) in [5.74, 6) is -2.90. The van der Waals surface area contributed by atoms with E-state index in [9.17, 15) is 14.4 Å². The van der Waals surface area contributed by atoms with E-state index in [1.165, 1.54) is 6.33 Å². The second-order valence-corrected chi connectivity index (χ2v) is 5.05. The fourth-order valence-corrected chi connectivity index (χ4v) is 1.35. The average molecular weight is 376 g/mol. The molecule has 150 valence electrons. The number of aromatic nitrogens is 2. The molecule has 0 bridgehead atoms. The highest BCUT2D eigenvalue weighted by Gasteiger charge is 2.12. The number of carbonyl (C=O) groups is 3. The molecule has 0 aliphatic rings. The summed E-state index contributed by atoms with van der Waals surface area (Å²) in [7, 11) is 0. The summed E-state index contributed by atoms with van der Waals surface area (Å²) in [6, 6.07) is -1.57. The number of hydrogen-bond acceptors (Lipinski definition) is 8.